The molecule has 16 heavy (non-hydrogen) atoms. The summed E-state index contributed by atoms with van der Waals surface area (Å²) in [5.74, 6) is -1.45. The highest BCUT2D eigenvalue weighted by Crippen LogP contribution is 2.17. The Balaban J connectivity index is 2.42. The Hall–Kier alpha value is -1.91. The minimum Gasteiger partial charge on any atom is -0.257 e. The van der Waals surface area contributed by atoms with Gasteiger partial charge in [0, 0.05) is 12.3 Å². The lowest BCUT2D eigenvalue weighted by molar-refractivity contribution is 0.575. The third-order valence-electron chi connectivity index (χ3n) is 2.12. The van der Waals surface area contributed by atoms with E-state index < -0.39 is 11.6 Å². The lowest BCUT2D eigenvalue weighted by atomic mass is 10.2. The number of aryl methyl sites for hydroxylation is 1. The Morgan fingerprint density at radius 1 is 1.06 bits per heavy atom. The van der Waals surface area contributed by atoms with Crippen molar-refractivity contribution in [2.45, 2.75) is 13.3 Å². The Kier molecular flexibility index (Phi) is 2.85. The van der Waals surface area contributed by atoms with Crippen LogP contribution in [0.4, 0.5) is 8.78 Å². The van der Waals surface area contributed by atoms with E-state index in [1.807, 2.05) is 6.92 Å². The van der Waals surface area contributed by atoms with Crippen LogP contribution in [0.2, 0.25) is 0 Å². The summed E-state index contributed by atoms with van der Waals surface area (Å²) in [6, 6.07) is 0.776. The van der Waals surface area contributed by atoms with Crippen molar-refractivity contribution in [3.63, 3.8) is 0 Å². The molecule has 0 fully saturated rings. The number of halogens is 2. The molecule has 0 saturated heterocycles. The fraction of sp³-hybridized carbons (Fsp3) is 0.182. The first-order chi connectivity index (χ1) is 7.70. The zero-order chi connectivity index (χ0) is 11.5. The quantitative estimate of drug-likeness (QED) is 0.781. The second-order valence-corrected chi connectivity index (χ2v) is 3.23. The van der Waals surface area contributed by atoms with Crippen molar-refractivity contribution in [3.8, 4) is 11.4 Å². The molecule has 3 nitrogen and oxygen atoms in total. The minimum atomic E-state index is -0.737. The van der Waals surface area contributed by atoms with Crippen molar-refractivity contribution in [1.82, 2.24) is 15.0 Å². The van der Waals surface area contributed by atoms with Gasteiger partial charge in [0.05, 0.1) is 18.1 Å². The van der Waals surface area contributed by atoms with E-state index in [0.717, 1.165) is 24.4 Å². The molecule has 0 spiro atoms. The standard InChI is InChI=1S/C11H9F2N3/c1-2-8-5-15-10(6-14-8)11-9(13)3-7(12)4-16-11/h3-6H,2H2,1H3. The highest BCUT2D eigenvalue weighted by molar-refractivity contribution is 5.53. The van der Waals surface area contributed by atoms with Crippen LogP contribution in [0.1, 0.15) is 12.6 Å². The number of hydrogen-bond acceptors (Lipinski definition) is 3. The van der Waals surface area contributed by atoms with Gasteiger partial charge in [-0.25, -0.2) is 13.8 Å². The average Bonchev–Trinajstić information content (AvgIpc) is 2.29. The molecule has 82 valence electrons. The van der Waals surface area contributed by atoms with Crippen LogP contribution in [-0.4, -0.2) is 15.0 Å². The van der Waals surface area contributed by atoms with Crippen molar-refractivity contribution >= 4 is 0 Å². The van der Waals surface area contributed by atoms with Gasteiger partial charge in [-0.3, -0.25) is 9.97 Å². The summed E-state index contributed by atoms with van der Waals surface area (Å²) in [6.07, 6.45) is 4.70. The molecule has 0 aliphatic rings. The van der Waals surface area contributed by atoms with Gasteiger partial charge in [-0.1, -0.05) is 6.92 Å². The Bertz CT molecular complexity index is 497. The van der Waals surface area contributed by atoms with Crippen LogP contribution in [-0.2, 0) is 6.42 Å². The van der Waals surface area contributed by atoms with Gasteiger partial charge in [0.25, 0.3) is 0 Å². The minimum absolute atomic E-state index is 0.0107. The van der Waals surface area contributed by atoms with Gasteiger partial charge in [0.15, 0.2) is 5.82 Å². The number of aromatic nitrogens is 3. The van der Waals surface area contributed by atoms with Crippen LogP contribution in [0.25, 0.3) is 11.4 Å². The van der Waals surface area contributed by atoms with Crippen LogP contribution in [0.5, 0.6) is 0 Å². The maximum Gasteiger partial charge on any atom is 0.154 e. The van der Waals surface area contributed by atoms with Crippen LogP contribution < -0.4 is 0 Å². The summed E-state index contributed by atoms with van der Waals surface area (Å²) in [4.78, 5) is 11.7. The molecule has 2 aromatic heterocycles. The molecule has 0 aliphatic carbocycles. The van der Waals surface area contributed by atoms with E-state index in [9.17, 15) is 8.78 Å². The predicted molar refractivity (Wildman–Crippen MR) is 54.6 cm³/mol. The number of rotatable bonds is 2. The molecule has 2 rings (SSSR count). The summed E-state index contributed by atoms with van der Waals surface area (Å²) in [7, 11) is 0. The summed E-state index contributed by atoms with van der Waals surface area (Å²) in [5.41, 5.74) is 1.12. The fourth-order valence-electron chi connectivity index (χ4n) is 1.26. The second-order valence-electron chi connectivity index (χ2n) is 3.23. The van der Waals surface area contributed by atoms with E-state index in [0.29, 0.717) is 5.69 Å². The highest BCUT2D eigenvalue weighted by Gasteiger charge is 2.09. The largest absolute Gasteiger partial charge is 0.257 e. The van der Waals surface area contributed by atoms with Crippen molar-refractivity contribution in [3.05, 3.63) is 42.0 Å². The van der Waals surface area contributed by atoms with Crippen molar-refractivity contribution in [2.24, 2.45) is 0 Å². The highest BCUT2D eigenvalue weighted by atomic mass is 19.1. The Morgan fingerprint density at radius 2 is 1.88 bits per heavy atom. The van der Waals surface area contributed by atoms with Gasteiger partial charge >= 0.3 is 0 Å². The topological polar surface area (TPSA) is 38.7 Å². The van der Waals surface area contributed by atoms with Crippen LogP contribution >= 0.6 is 0 Å². The van der Waals surface area contributed by atoms with E-state index in [1.54, 1.807) is 6.20 Å². The van der Waals surface area contributed by atoms with Crippen LogP contribution in [0.3, 0.4) is 0 Å². The molecule has 0 bridgehead atoms. The number of pyridine rings is 1. The van der Waals surface area contributed by atoms with Crippen molar-refractivity contribution in [1.29, 1.82) is 0 Å². The first-order valence-corrected chi connectivity index (χ1v) is 4.83. The van der Waals surface area contributed by atoms with E-state index in [1.165, 1.54) is 6.20 Å². The third kappa shape index (κ3) is 2.03. The predicted octanol–water partition coefficient (Wildman–Crippen LogP) is 2.38. The first-order valence-electron chi connectivity index (χ1n) is 4.83. The molecule has 2 aromatic rings. The van der Waals surface area contributed by atoms with Crippen LogP contribution in [0, 0.1) is 11.6 Å². The SMILES string of the molecule is CCc1cnc(-c2ncc(F)cc2F)cn1. The summed E-state index contributed by atoms with van der Waals surface area (Å²) >= 11 is 0. The maximum absolute atomic E-state index is 13.3. The van der Waals surface area contributed by atoms with Gasteiger partial charge in [-0.15, -0.1) is 0 Å². The zero-order valence-electron chi connectivity index (χ0n) is 8.61. The second kappa shape index (κ2) is 4.30. The Labute approximate surface area is 91.2 Å². The molecular formula is C11H9F2N3. The van der Waals surface area contributed by atoms with E-state index >= 15 is 0 Å². The number of nitrogens with zero attached hydrogens (tertiary/aromatic N) is 3. The summed E-state index contributed by atoms with van der Waals surface area (Å²) in [6.45, 7) is 1.94. The van der Waals surface area contributed by atoms with Crippen molar-refractivity contribution < 1.29 is 8.78 Å². The van der Waals surface area contributed by atoms with Crippen LogP contribution in [0.15, 0.2) is 24.7 Å². The molecule has 5 heteroatoms. The molecule has 0 aliphatic heterocycles. The molecule has 0 aromatic carbocycles. The molecule has 0 N–H and O–H groups in total. The molecular weight excluding hydrogens is 212 g/mol. The van der Waals surface area contributed by atoms with E-state index in [4.69, 9.17) is 0 Å². The maximum atomic E-state index is 13.3. The van der Waals surface area contributed by atoms with E-state index in [-0.39, 0.29) is 5.69 Å². The molecule has 0 atom stereocenters. The smallest absolute Gasteiger partial charge is 0.154 e. The van der Waals surface area contributed by atoms with Gasteiger partial charge < -0.3 is 0 Å². The molecule has 0 radical (unpaired) electrons. The van der Waals surface area contributed by atoms with Gasteiger partial charge in [0.2, 0.25) is 0 Å². The Morgan fingerprint density at radius 3 is 2.44 bits per heavy atom. The monoisotopic (exact) mass is 221 g/mol. The molecule has 0 unspecified atom stereocenters. The summed E-state index contributed by atoms with van der Waals surface area (Å²) in [5, 5.41) is 0. The molecule has 2 heterocycles. The first kappa shape index (κ1) is 10.6. The summed E-state index contributed by atoms with van der Waals surface area (Å²) < 4.78 is 26.0. The van der Waals surface area contributed by atoms with Gasteiger partial charge in [-0.05, 0) is 6.42 Å². The molecule has 0 saturated carbocycles. The van der Waals surface area contributed by atoms with Gasteiger partial charge in [-0.2, -0.15) is 0 Å². The van der Waals surface area contributed by atoms with E-state index in [2.05, 4.69) is 15.0 Å². The van der Waals surface area contributed by atoms with Crippen molar-refractivity contribution in [2.75, 3.05) is 0 Å². The third-order valence-corrected chi connectivity index (χ3v) is 2.12. The lowest BCUT2D eigenvalue weighted by Gasteiger charge is -2.01. The lowest BCUT2D eigenvalue weighted by Crippen LogP contribution is -1.96. The zero-order valence-corrected chi connectivity index (χ0v) is 8.61. The molecule has 0 amide bonds. The average molecular weight is 221 g/mol. The normalized spacial score (nSPS) is 10.4. The van der Waals surface area contributed by atoms with Gasteiger partial charge in [0.1, 0.15) is 17.2 Å². The fourth-order valence-corrected chi connectivity index (χ4v) is 1.26. The number of hydrogen-bond donors (Lipinski definition) is 0.